The van der Waals surface area contributed by atoms with Crippen LogP contribution in [0.5, 0.6) is 0 Å². The molecule has 1 aromatic heterocycles. The average Bonchev–Trinajstić information content (AvgIpc) is 2.77. The van der Waals surface area contributed by atoms with Gasteiger partial charge in [-0.3, -0.25) is 9.59 Å². The van der Waals surface area contributed by atoms with E-state index in [-0.39, 0.29) is 16.3 Å². The smallest absolute Gasteiger partial charge is 0.224 e. The molecule has 16 heavy (non-hydrogen) atoms. The maximum Gasteiger partial charge on any atom is 0.224 e. The molecule has 0 bridgehead atoms. The van der Waals surface area contributed by atoms with E-state index in [0.29, 0.717) is 19.5 Å². The molecule has 2 rings (SSSR count). The first-order valence-corrected chi connectivity index (χ1v) is 6.88. The maximum absolute atomic E-state index is 11.7. The summed E-state index contributed by atoms with van der Waals surface area (Å²) in [5, 5.41) is 2.25. The van der Waals surface area contributed by atoms with E-state index in [1.54, 1.807) is 18.3 Å². The minimum Gasteiger partial charge on any atom is -0.336 e. The summed E-state index contributed by atoms with van der Waals surface area (Å²) in [5.41, 5.74) is 0. The van der Waals surface area contributed by atoms with E-state index in [1.165, 1.54) is 16.6 Å². The molecule has 2 heterocycles. The zero-order valence-electron chi connectivity index (χ0n) is 9.01. The molecule has 0 radical (unpaired) electrons. The molecule has 1 aromatic rings. The molecule has 1 atom stereocenters. The number of hydrogen-bond donors (Lipinski definition) is 0. The zero-order chi connectivity index (χ0) is 11.5. The number of thiophene rings is 1. The van der Waals surface area contributed by atoms with E-state index >= 15 is 0 Å². The third-order valence-corrected chi connectivity index (χ3v) is 4.28. The van der Waals surface area contributed by atoms with E-state index in [2.05, 4.69) is 0 Å². The molecule has 86 valence electrons. The fraction of sp³-hybridized carbons (Fsp3) is 0.455. The normalized spacial score (nSPS) is 20.4. The van der Waals surface area contributed by atoms with Crippen LogP contribution >= 0.6 is 23.1 Å². The van der Waals surface area contributed by atoms with Crippen LogP contribution in [0.1, 0.15) is 18.2 Å². The van der Waals surface area contributed by atoms with Crippen molar-refractivity contribution in [2.24, 2.45) is 0 Å². The SMILES string of the molecule is CC(=O)SC1CC(=O)N(Cc2cccs2)C1. The van der Waals surface area contributed by atoms with Crippen molar-refractivity contribution in [3.05, 3.63) is 22.4 Å². The largest absolute Gasteiger partial charge is 0.336 e. The molecule has 1 unspecified atom stereocenters. The average molecular weight is 255 g/mol. The molecule has 0 saturated carbocycles. The van der Waals surface area contributed by atoms with Crippen molar-refractivity contribution in [1.82, 2.24) is 4.90 Å². The Labute approximate surface area is 103 Å². The number of thioether (sulfide) groups is 1. The predicted molar refractivity (Wildman–Crippen MR) is 66.4 cm³/mol. The zero-order valence-corrected chi connectivity index (χ0v) is 10.6. The highest BCUT2D eigenvalue weighted by Crippen LogP contribution is 2.26. The molecule has 1 aliphatic rings. The van der Waals surface area contributed by atoms with Gasteiger partial charge in [-0.2, -0.15) is 0 Å². The fourth-order valence-electron chi connectivity index (χ4n) is 1.79. The van der Waals surface area contributed by atoms with Gasteiger partial charge < -0.3 is 4.90 Å². The lowest BCUT2D eigenvalue weighted by Crippen LogP contribution is -2.24. The highest BCUT2D eigenvalue weighted by atomic mass is 32.2. The van der Waals surface area contributed by atoms with Crippen LogP contribution in [0.15, 0.2) is 17.5 Å². The summed E-state index contributed by atoms with van der Waals surface area (Å²) in [6.45, 7) is 2.93. The fourth-order valence-corrected chi connectivity index (χ4v) is 3.46. The molecule has 1 saturated heterocycles. The second-order valence-electron chi connectivity index (χ2n) is 3.79. The number of carbonyl (C=O) groups is 2. The first-order chi connectivity index (χ1) is 7.65. The second kappa shape index (κ2) is 5.01. The number of likely N-dealkylation sites (tertiary alicyclic amines) is 1. The highest BCUT2D eigenvalue weighted by molar-refractivity contribution is 8.14. The van der Waals surface area contributed by atoms with Crippen LogP contribution in [0.25, 0.3) is 0 Å². The monoisotopic (exact) mass is 255 g/mol. The van der Waals surface area contributed by atoms with Gasteiger partial charge in [0.15, 0.2) is 5.12 Å². The third-order valence-electron chi connectivity index (χ3n) is 2.44. The van der Waals surface area contributed by atoms with E-state index in [1.807, 2.05) is 22.4 Å². The summed E-state index contributed by atoms with van der Waals surface area (Å²) in [6.07, 6.45) is 0.496. The van der Waals surface area contributed by atoms with Crippen molar-refractivity contribution in [1.29, 1.82) is 0 Å². The minimum absolute atomic E-state index is 0.0933. The lowest BCUT2D eigenvalue weighted by atomic mass is 10.4. The Morgan fingerprint density at radius 3 is 3.12 bits per heavy atom. The summed E-state index contributed by atoms with van der Waals surface area (Å²) in [6, 6.07) is 4.02. The second-order valence-corrected chi connectivity index (χ2v) is 6.30. The van der Waals surface area contributed by atoms with Crippen molar-refractivity contribution in [3.8, 4) is 0 Å². The Morgan fingerprint density at radius 2 is 2.50 bits per heavy atom. The van der Waals surface area contributed by atoms with Crippen LogP contribution in [0.2, 0.25) is 0 Å². The molecule has 1 fully saturated rings. The minimum atomic E-state index is 0.0933. The van der Waals surface area contributed by atoms with Crippen molar-refractivity contribution < 1.29 is 9.59 Å². The van der Waals surface area contributed by atoms with Crippen molar-refractivity contribution >= 4 is 34.1 Å². The number of rotatable bonds is 3. The lowest BCUT2D eigenvalue weighted by molar-refractivity contribution is -0.128. The van der Waals surface area contributed by atoms with Crippen LogP contribution in [-0.4, -0.2) is 27.7 Å². The van der Waals surface area contributed by atoms with Crippen LogP contribution < -0.4 is 0 Å². The Balaban J connectivity index is 1.92. The van der Waals surface area contributed by atoms with Gasteiger partial charge in [0.05, 0.1) is 6.54 Å². The van der Waals surface area contributed by atoms with Gasteiger partial charge in [0.2, 0.25) is 5.91 Å². The van der Waals surface area contributed by atoms with Crippen molar-refractivity contribution in [2.75, 3.05) is 6.54 Å². The summed E-state index contributed by atoms with van der Waals surface area (Å²) in [4.78, 5) is 25.7. The van der Waals surface area contributed by atoms with Crippen molar-refractivity contribution in [2.45, 2.75) is 25.1 Å². The van der Waals surface area contributed by atoms with Crippen LogP contribution in [-0.2, 0) is 16.1 Å². The van der Waals surface area contributed by atoms with E-state index < -0.39 is 0 Å². The van der Waals surface area contributed by atoms with Gasteiger partial charge >= 0.3 is 0 Å². The van der Waals surface area contributed by atoms with Crippen LogP contribution in [0.3, 0.4) is 0 Å². The topological polar surface area (TPSA) is 37.4 Å². The molecule has 1 aliphatic heterocycles. The van der Waals surface area contributed by atoms with Gasteiger partial charge in [0.1, 0.15) is 0 Å². The molecular formula is C11H13NO2S2. The van der Waals surface area contributed by atoms with E-state index in [4.69, 9.17) is 0 Å². The van der Waals surface area contributed by atoms with Gasteiger partial charge in [-0.05, 0) is 11.4 Å². The number of amides is 1. The Bertz CT molecular complexity index is 389. The molecule has 0 aliphatic carbocycles. The van der Waals surface area contributed by atoms with Crippen LogP contribution in [0, 0.1) is 0 Å². The maximum atomic E-state index is 11.7. The Hall–Kier alpha value is -0.810. The molecule has 5 heteroatoms. The van der Waals surface area contributed by atoms with Gasteiger partial charge in [-0.1, -0.05) is 17.8 Å². The van der Waals surface area contributed by atoms with E-state index in [9.17, 15) is 9.59 Å². The molecule has 0 N–H and O–H groups in total. The van der Waals surface area contributed by atoms with Gasteiger partial charge in [0.25, 0.3) is 0 Å². The standard InChI is InChI=1S/C11H13NO2S2/c1-8(13)16-10-5-11(14)12(7-10)6-9-3-2-4-15-9/h2-4,10H,5-7H2,1H3. The first kappa shape index (κ1) is 11.7. The summed E-state index contributed by atoms with van der Waals surface area (Å²) in [5.74, 6) is 0.159. The van der Waals surface area contributed by atoms with Gasteiger partial charge in [-0.25, -0.2) is 0 Å². The number of nitrogens with zero attached hydrogens (tertiary/aromatic N) is 1. The molecule has 3 nitrogen and oxygen atoms in total. The number of hydrogen-bond acceptors (Lipinski definition) is 4. The highest BCUT2D eigenvalue weighted by Gasteiger charge is 2.30. The Kier molecular flexibility index (Phi) is 3.66. The molecular weight excluding hydrogens is 242 g/mol. The van der Waals surface area contributed by atoms with Gasteiger partial charge in [-0.15, -0.1) is 11.3 Å². The summed E-state index contributed by atoms with van der Waals surface area (Å²) in [7, 11) is 0. The summed E-state index contributed by atoms with van der Waals surface area (Å²) >= 11 is 2.94. The first-order valence-electron chi connectivity index (χ1n) is 5.12. The van der Waals surface area contributed by atoms with E-state index in [0.717, 1.165) is 0 Å². The molecule has 1 amide bonds. The predicted octanol–water partition coefficient (Wildman–Crippen LogP) is 2.13. The van der Waals surface area contributed by atoms with Crippen molar-refractivity contribution in [3.63, 3.8) is 0 Å². The summed E-state index contributed by atoms with van der Waals surface area (Å²) < 4.78 is 0. The number of carbonyl (C=O) groups excluding carboxylic acids is 2. The third kappa shape index (κ3) is 2.86. The molecule has 0 aromatic carbocycles. The van der Waals surface area contributed by atoms with Gasteiger partial charge in [0, 0.05) is 30.0 Å². The lowest BCUT2D eigenvalue weighted by Gasteiger charge is -2.14. The molecule has 0 spiro atoms. The van der Waals surface area contributed by atoms with Crippen LogP contribution in [0.4, 0.5) is 0 Å². The Morgan fingerprint density at radius 1 is 1.69 bits per heavy atom. The quantitative estimate of drug-likeness (QED) is 0.830.